The van der Waals surface area contributed by atoms with E-state index in [9.17, 15) is 4.79 Å². The molecule has 6 nitrogen and oxygen atoms in total. The lowest BCUT2D eigenvalue weighted by Crippen LogP contribution is -2.38. The monoisotopic (exact) mass is 406 g/mol. The van der Waals surface area contributed by atoms with Crippen LogP contribution in [0.15, 0.2) is 16.7 Å². The Balaban J connectivity index is 0.00000210. The fraction of sp³-hybridized carbons (Fsp3) is 0.421. The van der Waals surface area contributed by atoms with Gasteiger partial charge in [-0.3, -0.25) is 4.79 Å². The maximum Gasteiger partial charge on any atom is 0.259 e. The van der Waals surface area contributed by atoms with Crippen molar-refractivity contribution in [3.8, 4) is 11.3 Å². The van der Waals surface area contributed by atoms with Gasteiger partial charge in [0.05, 0.1) is 22.3 Å². The molecule has 3 N–H and O–H groups in total. The number of carbonyl (C=O) groups excluding carboxylic acids is 1. The summed E-state index contributed by atoms with van der Waals surface area (Å²) in [5.41, 5.74) is 9.45. The molecule has 1 unspecified atom stereocenters. The SMILES string of the molecule is Cc1cc(-c2cc(C(=O)NCC(N)C3CC3)c3c(C)noc3n2)c(C)s1.Cl. The van der Waals surface area contributed by atoms with Gasteiger partial charge in [0, 0.05) is 27.9 Å². The first-order valence-electron chi connectivity index (χ1n) is 8.82. The molecule has 1 fully saturated rings. The lowest BCUT2D eigenvalue weighted by atomic mass is 10.1. The van der Waals surface area contributed by atoms with Gasteiger partial charge in [0.2, 0.25) is 0 Å². The zero-order chi connectivity index (χ0) is 18.4. The summed E-state index contributed by atoms with van der Waals surface area (Å²) in [6, 6.07) is 3.93. The number of carbonyl (C=O) groups is 1. The summed E-state index contributed by atoms with van der Waals surface area (Å²) in [4.78, 5) is 19.8. The van der Waals surface area contributed by atoms with Crippen LogP contribution in [-0.2, 0) is 0 Å². The Morgan fingerprint density at radius 2 is 2.11 bits per heavy atom. The number of nitrogens with one attached hydrogen (secondary N) is 1. The Labute approximate surface area is 167 Å². The number of hydrogen-bond acceptors (Lipinski definition) is 6. The quantitative estimate of drug-likeness (QED) is 0.672. The van der Waals surface area contributed by atoms with Crippen molar-refractivity contribution in [3.63, 3.8) is 0 Å². The van der Waals surface area contributed by atoms with Gasteiger partial charge in [-0.05, 0) is 51.7 Å². The first-order valence-corrected chi connectivity index (χ1v) is 9.64. The third-order valence-corrected chi connectivity index (χ3v) is 5.87. The Morgan fingerprint density at radius 3 is 2.74 bits per heavy atom. The number of fused-ring (bicyclic) bond motifs is 1. The molecular formula is C19H23ClN4O2S. The second-order valence-corrected chi connectivity index (χ2v) is 8.50. The molecular weight excluding hydrogens is 384 g/mol. The molecule has 0 bridgehead atoms. The van der Waals surface area contributed by atoms with Crippen molar-refractivity contribution in [1.29, 1.82) is 0 Å². The van der Waals surface area contributed by atoms with Crippen LogP contribution in [0.1, 0.15) is 38.6 Å². The van der Waals surface area contributed by atoms with Crippen molar-refractivity contribution in [3.05, 3.63) is 33.1 Å². The highest BCUT2D eigenvalue weighted by Gasteiger charge is 2.29. The summed E-state index contributed by atoms with van der Waals surface area (Å²) in [6.07, 6.45) is 2.31. The zero-order valence-electron chi connectivity index (χ0n) is 15.5. The first-order chi connectivity index (χ1) is 12.4. The fourth-order valence-corrected chi connectivity index (χ4v) is 4.23. The number of nitrogens with zero attached hydrogens (tertiary/aromatic N) is 2. The van der Waals surface area contributed by atoms with E-state index in [0.29, 0.717) is 34.8 Å². The predicted octanol–water partition coefficient (Wildman–Crippen LogP) is 3.77. The van der Waals surface area contributed by atoms with E-state index in [4.69, 9.17) is 10.3 Å². The highest BCUT2D eigenvalue weighted by molar-refractivity contribution is 7.12. The van der Waals surface area contributed by atoms with Gasteiger partial charge in [0.1, 0.15) is 0 Å². The highest BCUT2D eigenvalue weighted by atomic mass is 35.5. The van der Waals surface area contributed by atoms with E-state index in [1.165, 1.54) is 4.88 Å². The molecule has 0 radical (unpaired) electrons. The van der Waals surface area contributed by atoms with Crippen LogP contribution in [0, 0.1) is 26.7 Å². The van der Waals surface area contributed by atoms with Crippen molar-refractivity contribution in [2.45, 2.75) is 39.7 Å². The van der Waals surface area contributed by atoms with Crippen LogP contribution >= 0.6 is 23.7 Å². The van der Waals surface area contributed by atoms with Gasteiger partial charge in [0.15, 0.2) is 0 Å². The largest absolute Gasteiger partial charge is 0.350 e. The minimum Gasteiger partial charge on any atom is -0.350 e. The van der Waals surface area contributed by atoms with Gasteiger partial charge in [-0.15, -0.1) is 23.7 Å². The Hall–Kier alpha value is -1.96. The van der Waals surface area contributed by atoms with Crippen LogP contribution < -0.4 is 11.1 Å². The maximum absolute atomic E-state index is 12.9. The zero-order valence-corrected chi connectivity index (χ0v) is 17.2. The van der Waals surface area contributed by atoms with E-state index in [-0.39, 0.29) is 24.4 Å². The molecule has 4 rings (SSSR count). The van der Waals surface area contributed by atoms with Gasteiger partial charge in [-0.25, -0.2) is 4.98 Å². The second-order valence-electron chi connectivity index (χ2n) is 7.04. The summed E-state index contributed by atoms with van der Waals surface area (Å²) in [7, 11) is 0. The third kappa shape index (κ3) is 3.85. The molecule has 3 aromatic heterocycles. The molecule has 1 aliphatic rings. The number of pyridine rings is 1. The van der Waals surface area contributed by atoms with Gasteiger partial charge in [-0.1, -0.05) is 5.16 Å². The predicted molar refractivity (Wildman–Crippen MR) is 110 cm³/mol. The molecule has 0 spiro atoms. The smallest absolute Gasteiger partial charge is 0.259 e. The van der Waals surface area contributed by atoms with E-state index in [2.05, 4.69) is 35.4 Å². The summed E-state index contributed by atoms with van der Waals surface area (Å²) >= 11 is 1.71. The molecule has 1 atom stereocenters. The van der Waals surface area contributed by atoms with Crippen molar-refractivity contribution >= 4 is 40.8 Å². The summed E-state index contributed by atoms with van der Waals surface area (Å²) in [5.74, 6) is 0.378. The van der Waals surface area contributed by atoms with E-state index in [1.54, 1.807) is 11.3 Å². The van der Waals surface area contributed by atoms with Crippen LogP contribution in [0.3, 0.4) is 0 Å². The van der Waals surface area contributed by atoms with E-state index in [1.807, 2.05) is 13.0 Å². The van der Waals surface area contributed by atoms with Crippen LogP contribution in [-0.4, -0.2) is 28.6 Å². The fourth-order valence-electron chi connectivity index (χ4n) is 3.29. The lowest BCUT2D eigenvalue weighted by molar-refractivity contribution is 0.0952. The Bertz CT molecular complexity index is 993. The molecule has 3 heterocycles. The van der Waals surface area contributed by atoms with Gasteiger partial charge < -0.3 is 15.6 Å². The molecule has 0 aliphatic heterocycles. The Morgan fingerprint density at radius 1 is 1.37 bits per heavy atom. The number of thiophene rings is 1. The number of hydrogen-bond donors (Lipinski definition) is 2. The van der Waals surface area contributed by atoms with Crippen LogP contribution in [0.2, 0.25) is 0 Å². The first kappa shape index (κ1) is 19.8. The molecule has 0 saturated heterocycles. The van der Waals surface area contributed by atoms with Crippen molar-refractivity contribution < 1.29 is 9.32 Å². The van der Waals surface area contributed by atoms with E-state index < -0.39 is 0 Å². The average Bonchev–Trinajstić information content (AvgIpc) is 3.32. The third-order valence-electron chi connectivity index (χ3n) is 4.90. The van der Waals surface area contributed by atoms with Crippen molar-refractivity contribution in [2.24, 2.45) is 11.7 Å². The molecule has 3 aromatic rings. The number of aromatic nitrogens is 2. The van der Waals surface area contributed by atoms with Crippen molar-refractivity contribution in [1.82, 2.24) is 15.5 Å². The number of rotatable bonds is 5. The van der Waals surface area contributed by atoms with Crippen LogP contribution in [0.25, 0.3) is 22.4 Å². The standard InChI is InChI=1S/C19H22N4O2S.ClH/c1-9-6-13(11(3)26-9)16-7-14(17-10(2)23-25-19(17)22-16)18(24)21-8-15(20)12-4-5-12;/h6-7,12,15H,4-5,8,20H2,1-3H3,(H,21,24);1H. The van der Waals surface area contributed by atoms with E-state index >= 15 is 0 Å². The Kier molecular flexibility index (Phi) is 5.55. The van der Waals surface area contributed by atoms with E-state index in [0.717, 1.165) is 29.0 Å². The summed E-state index contributed by atoms with van der Waals surface area (Å²) < 4.78 is 5.36. The van der Waals surface area contributed by atoms with Crippen molar-refractivity contribution in [2.75, 3.05) is 6.54 Å². The van der Waals surface area contributed by atoms with Gasteiger partial charge >= 0.3 is 0 Å². The molecule has 1 aliphatic carbocycles. The average molecular weight is 407 g/mol. The molecule has 144 valence electrons. The minimum absolute atomic E-state index is 0. The summed E-state index contributed by atoms with van der Waals surface area (Å²) in [6.45, 7) is 6.41. The number of nitrogens with two attached hydrogens (primary N) is 1. The number of aryl methyl sites for hydroxylation is 3. The lowest BCUT2D eigenvalue weighted by Gasteiger charge is -2.12. The van der Waals surface area contributed by atoms with Crippen LogP contribution in [0.4, 0.5) is 0 Å². The molecule has 1 saturated carbocycles. The molecule has 8 heteroatoms. The van der Waals surface area contributed by atoms with Gasteiger partial charge in [0.25, 0.3) is 11.6 Å². The highest BCUT2D eigenvalue weighted by Crippen LogP contribution is 2.33. The maximum atomic E-state index is 12.9. The molecule has 27 heavy (non-hydrogen) atoms. The normalized spacial score (nSPS) is 14.8. The number of amides is 1. The number of halogens is 1. The topological polar surface area (TPSA) is 94.0 Å². The van der Waals surface area contributed by atoms with Crippen LogP contribution in [0.5, 0.6) is 0 Å². The molecule has 1 amide bonds. The van der Waals surface area contributed by atoms with Gasteiger partial charge in [-0.2, -0.15) is 0 Å². The minimum atomic E-state index is -0.161. The summed E-state index contributed by atoms with van der Waals surface area (Å²) in [5, 5.41) is 7.63. The molecule has 0 aromatic carbocycles. The second kappa shape index (κ2) is 7.58.